The molecule has 40 heavy (non-hydrogen) atoms. The van der Waals surface area contributed by atoms with E-state index >= 15 is 0 Å². The van der Waals surface area contributed by atoms with Crippen LogP contribution in [0.25, 0.3) is 0 Å². The van der Waals surface area contributed by atoms with E-state index in [2.05, 4.69) is 21.2 Å². The van der Waals surface area contributed by atoms with Gasteiger partial charge in [-0.2, -0.15) is 0 Å². The summed E-state index contributed by atoms with van der Waals surface area (Å²) >= 11 is 15.7. The number of sulfonamides is 1. The van der Waals surface area contributed by atoms with E-state index < -0.39 is 28.5 Å². The van der Waals surface area contributed by atoms with Crippen molar-refractivity contribution in [1.29, 1.82) is 0 Å². The van der Waals surface area contributed by atoms with Gasteiger partial charge in [0.05, 0.1) is 20.6 Å². The Hall–Kier alpha value is -2.59. The minimum absolute atomic E-state index is 0.0130. The van der Waals surface area contributed by atoms with Crippen LogP contribution in [0.2, 0.25) is 10.0 Å². The normalized spacial score (nSPS) is 12.9. The van der Waals surface area contributed by atoms with Gasteiger partial charge in [0.2, 0.25) is 11.8 Å². The van der Waals surface area contributed by atoms with Crippen molar-refractivity contribution in [2.75, 3.05) is 10.8 Å². The Morgan fingerprint density at radius 2 is 1.57 bits per heavy atom. The third-order valence-electron chi connectivity index (χ3n) is 6.51. The molecule has 7 nitrogen and oxygen atoms in total. The Bertz CT molecular complexity index is 1450. The fraction of sp³-hybridized carbons (Fsp3) is 0.310. The van der Waals surface area contributed by atoms with Crippen molar-refractivity contribution in [2.24, 2.45) is 0 Å². The number of benzene rings is 3. The van der Waals surface area contributed by atoms with E-state index in [-0.39, 0.29) is 39.1 Å². The van der Waals surface area contributed by atoms with E-state index in [1.165, 1.54) is 35.2 Å². The largest absolute Gasteiger partial charge is 0.352 e. The molecule has 0 saturated carbocycles. The Morgan fingerprint density at radius 1 is 0.950 bits per heavy atom. The first-order valence-corrected chi connectivity index (χ1v) is 15.7. The predicted octanol–water partition coefficient (Wildman–Crippen LogP) is 6.59. The molecule has 2 atom stereocenters. The Labute approximate surface area is 254 Å². The third kappa shape index (κ3) is 8.00. The third-order valence-corrected chi connectivity index (χ3v) is 9.57. The fourth-order valence-corrected chi connectivity index (χ4v) is 5.80. The van der Waals surface area contributed by atoms with Gasteiger partial charge in [0, 0.05) is 17.1 Å². The van der Waals surface area contributed by atoms with Crippen LogP contribution in [-0.4, -0.2) is 43.8 Å². The number of aryl methyl sites for hydroxylation is 1. The van der Waals surface area contributed by atoms with E-state index in [1.54, 1.807) is 19.1 Å². The monoisotopic (exact) mass is 667 g/mol. The van der Waals surface area contributed by atoms with E-state index in [9.17, 15) is 18.0 Å². The lowest BCUT2D eigenvalue weighted by Gasteiger charge is -2.32. The second kappa shape index (κ2) is 13.9. The molecule has 0 aliphatic heterocycles. The van der Waals surface area contributed by atoms with Crippen LogP contribution in [0.1, 0.15) is 38.3 Å². The summed E-state index contributed by atoms with van der Waals surface area (Å²) in [4.78, 5) is 28.5. The molecule has 3 rings (SSSR count). The summed E-state index contributed by atoms with van der Waals surface area (Å²) in [5.74, 6) is -0.890. The van der Waals surface area contributed by atoms with Crippen molar-refractivity contribution in [3.05, 3.63) is 92.4 Å². The molecule has 11 heteroatoms. The predicted molar refractivity (Wildman–Crippen MR) is 164 cm³/mol. The van der Waals surface area contributed by atoms with Crippen molar-refractivity contribution < 1.29 is 18.0 Å². The first-order valence-electron chi connectivity index (χ1n) is 12.7. The molecule has 3 aromatic rings. The van der Waals surface area contributed by atoms with Crippen LogP contribution in [0.4, 0.5) is 5.69 Å². The van der Waals surface area contributed by atoms with Gasteiger partial charge >= 0.3 is 0 Å². The number of hydrogen-bond donors (Lipinski definition) is 1. The SMILES string of the molecule is CC[C@@H](C)NC(=O)[C@H](C)N(Cc1ccc(Br)cc1)C(=O)CN(c1ccc(Cl)c(Cl)c1)S(=O)(=O)c1ccc(C)cc1. The van der Waals surface area contributed by atoms with Crippen molar-refractivity contribution in [1.82, 2.24) is 10.2 Å². The fourth-order valence-electron chi connectivity index (χ4n) is 3.84. The lowest BCUT2D eigenvalue weighted by atomic mass is 10.1. The second-order valence-electron chi connectivity index (χ2n) is 9.57. The van der Waals surface area contributed by atoms with Gasteiger partial charge in [-0.15, -0.1) is 0 Å². The molecule has 0 aromatic heterocycles. The summed E-state index contributed by atoms with van der Waals surface area (Å²) < 4.78 is 29.6. The summed E-state index contributed by atoms with van der Waals surface area (Å²) in [6, 6.07) is 17.1. The molecule has 2 amide bonds. The molecule has 0 spiro atoms. The molecule has 214 valence electrons. The van der Waals surface area contributed by atoms with E-state index in [0.29, 0.717) is 0 Å². The van der Waals surface area contributed by atoms with Crippen LogP contribution in [-0.2, 0) is 26.2 Å². The number of nitrogens with zero attached hydrogens (tertiary/aromatic N) is 2. The van der Waals surface area contributed by atoms with Gasteiger partial charge in [0.15, 0.2) is 0 Å². The maximum atomic E-state index is 14.0. The molecule has 0 aliphatic carbocycles. The molecule has 0 fully saturated rings. The highest BCUT2D eigenvalue weighted by Gasteiger charge is 2.33. The van der Waals surface area contributed by atoms with Crippen LogP contribution in [0.5, 0.6) is 0 Å². The average Bonchev–Trinajstić information content (AvgIpc) is 2.92. The van der Waals surface area contributed by atoms with Gasteiger partial charge in [0.25, 0.3) is 10.0 Å². The highest BCUT2D eigenvalue weighted by Crippen LogP contribution is 2.31. The molecule has 0 bridgehead atoms. The Kier molecular flexibility index (Phi) is 11.1. The van der Waals surface area contributed by atoms with Crippen LogP contribution < -0.4 is 9.62 Å². The van der Waals surface area contributed by atoms with Crippen molar-refractivity contribution >= 4 is 66.7 Å². The zero-order valence-electron chi connectivity index (χ0n) is 22.7. The quantitative estimate of drug-likeness (QED) is 0.250. The van der Waals surface area contributed by atoms with Gasteiger partial charge in [-0.3, -0.25) is 13.9 Å². The lowest BCUT2D eigenvalue weighted by molar-refractivity contribution is -0.139. The maximum Gasteiger partial charge on any atom is 0.264 e. The number of carbonyl (C=O) groups excluding carboxylic acids is 2. The summed E-state index contributed by atoms with van der Waals surface area (Å²) in [7, 11) is -4.20. The van der Waals surface area contributed by atoms with Crippen LogP contribution in [0.3, 0.4) is 0 Å². The topological polar surface area (TPSA) is 86.8 Å². The van der Waals surface area contributed by atoms with Crippen LogP contribution in [0.15, 0.2) is 76.1 Å². The minimum atomic E-state index is -4.20. The molecule has 0 saturated heterocycles. The molecule has 0 radical (unpaired) electrons. The summed E-state index contributed by atoms with van der Waals surface area (Å²) in [6.45, 7) is 6.85. The number of halogens is 3. The smallest absolute Gasteiger partial charge is 0.264 e. The Balaban J connectivity index is 2.04. The first kappa shape index (κ1) is 31.9. The van der Waals surface area contributed by atoms with Crippen LogP contribution in [0, 0.1) is 6.92 Å². The number of anilines is 1. The van der Waals surface area contributed by atoms with E-state index in [4.69, 9.17) is 23.2 Å². The molecular weight excluding hydrogens is 637 g/mol. The van der Waals surface area contributed by atoms with E-state index in [1.807, 2.05) is 45.0 Å². The van der Waals surface area contributed by atoms with Gasteiger partial charge in [-0.1, -0.05) is 75.9 Å². The van der Waals surface area contributed by atoms with Gasteiger partial charge in [-0.25, -0.2) is 8.42 Å². The summed E-state index contributed by atoms with van der Waals surface area (Å²) in [5, 5.41) is 3.30. The first-order chi connectivity index (χ1) is 18.8. The lowest BCUT2D eigenvalue weighted by Crippen LogP contribution is -2.52. The average molecular weight is 669 g/mol. The number of nitrogens with one attached hydrogen (secondary N) is 1. The maximum absolute atomic E-state index is 14.0. The molecule has 3 aromatic carbocycles. The number of carbonyl (C=O) groups is 2. The zero-order chi connectivity index (χ0) is 29.6. The summed E-state index contributed by atoms with van der Waals surface area (Å²) in [6.07, 6.45) is 0.721. The highest BCUT2D eigenvalue weighted by atomic mass is 79.9. The van der Waals surface area contributed by atoms with Gasteiger partial charge in [-0.05, 0) is 75.2 Å². The molecule has 0 unspecified atom stereocenters. The molecular formula is C29H32BrCl2N3O4S. The standard InChI is InChI=1S/C29H32BrCl2N3O4S/c1-5-20(3)33-29(37)21(4)34(17-22-8-10-23(30)11-9-22)28(36)18-35(24-12-15-26(31)27(32)16-24)40(38,39)25-13-6-19(2)7-14-25/h6-16,20-21H,5,17-18H2,1-4H3,(H,33,37)/t20-,21+/m1/s1. The van der Waals surface area contributed by atoms with Crippen molar-refractivity contribution in [3.8, 4) is 0 Å². The number of hydrogen-bond acceptors (Lipinski definition) is 4. The second-order valence-corrected chi connectivity index (χ2v) is 13.2. The highest BCUT2D eigenvalue weighted by molar-refractivity contribution is 9.10. The number of amides is 2. The minimum Gasteiger partial charge on any atom is -0.352 e. The van der Waals surface area contributed by atoms with Gasteiger partial charge < -0.3 is 10.2 Å². The van der Waals surface area contributed by atoms with Gasteiger partial charge in [0.1, 0.15) is 12.6 Å². The summed E-state index contributed by atoms with van der Waals surface area (Å²) in [5.41, 5.74) is 1.84. The molecule has 0 heterocycles. The van der Waals surface area contributed by atoms with E-state index in [0.717, 1.165) is 26.3 Å². The van der Waals surface area contributed by atoms with Crippen LogP contribution >= 0.6 is 39.1 Å². The Morgan fingerprint density at radius 3 is 2.15 bits per heavy atom. The number of rotatable bonds is 11. The molecule has 0 aliphatic rings. The van der Waals surface area contributed by atoms with Crippen molar-refractivity contribution in [2.45, 2.75) is 57.6 Å². The zero-order valence-corrected chi connectivity index (χ0v) is 26.6. The molecule has 1 N–H and O–H groups in total. The van der Waals surface area contributed by atoms with Crippen molar-refractivity contribution in [3.63, 3.8) is 0 Å².